The molecule has 2 heterocycles. The van der Waals surface area contributed by atoms with Gasteiger partial charge in [-0.25, -0.2) is 0 Å². The molecule has 0 aromatic heterocycles. The molecule has 0 N–H and O–H groups in total. The van der Waals surface area contributed by atoms with Crippen molar-refractivity contribution in [2.24, 2.45) is 0 Å². The van der Waals surface area contributed by atoms with E-state index in [0.717, 1.165) is 6.61 Å². The van der Waals surface area contributed by atoms with Crippen LogP contribution in [-0.4, -0.2) is 23.9 Å². The standard InChI is InChI=1S/C9H18O.C4H8O/c1-4-6-8-9(3,10-8)7-5-2;1-4(2)3-5-4/h8H,4-7H2,1-3H3;3H2,1-2H3. The van der Waals surface area contributed by atoms with E-state index in [4.69, 9.17) is 9.47 Å². The highest BCUT2D eigenvalue weighted by atomic mass is 16.6. The minimum atomic E-state index is 0.250. The lowest BCUT2D eigenvalue weighted by Gasteiger charge is -2.01. The van der Waals surface area contributed by atoms with Gasteiger partial charge in [0.05, 0.1) is 23.9 Å². The highest BCUT2D eigenvalue weighted by Crippen LogP contribution is 2.42. The molecule has 0 bridgehead atoms. The first kappa shape index (κ1) is 13.0. The average Bonchev–Trinajstić information content (AvgIpc) is 2.97. The van der Waals surface area contributed by atoms with Gasteiger partial charge in [0, 0.05) is 0 Å². The second-order valence-corrected chi connectivity index (χ2v) is 5.51. The van der Waals surface area contributed by atoms with Gasteiger partial charge in [0.25, 0.3) is 0 Å². The van der Waals surface area contributed by atoms with Gasteiger partial charge in [-0.05, 0) is 33.6 Å². The Kier molecular flexibility index (Phi) is 4.19. The number of ether oxygens (including phenoxy) is 2. The van der Waals surface area contributed by atoms with Crippen molar-refractivity contribution in [3.63, 3.8) is 0 Å². The third-order valence-electron chi connectivity index (χ3n) is 3.05. The lowest BCUT2D eigenvalue weighted by atomic mass is 9.99. The zero-order valence-electron chi connectivity index (χ0n) is 10.9. The molecule has 0 aromatic rings. The van der Waals surface area contributed by atoms with Gasteiger partial charge in [-0.2, -0.15) is 0 Å². The molecule has 0 saturated carbocycles. The monoisotopic (exact) mass is 214 g/mol. The minimum absolute atomic E-state index is 0.250. The van der Waals surface area contributed by atoms with Crippen molar-refractivity contribution in [3.8, 4) is 0 Å². The van der Waals surface area contributed by atoms with Gasteiger partial charge in [-0.3, -0.25) is 0 Å². The van der Waals surface area contributed by atoms with Gasteiger partial charge in [-0.15, -0.1) is 0 Å². The summed E-state index contributed by atoms with van der Waals surface area (Å²) in [4.78, 5) is 0. The van der Waals surface area contributed by atoms with Crippen molar-refractivity contribution in [2.45, 2.75) is 77.6 Å². The fourth-order valence-corrected chi connectivity index (χ4v) is 1.78. The molecule has 2 saturated heterocycles. The summed E-state index contributed by atoms with van der Waals surface area (Å²) in [5.41, 5.74) is 0.519. The fraction of sp³-hybridized carbons (Fsp3) is 1.00. The first-order chi connectivity index (χ1) is 6.93. The molecule has 2 fully saturated rings. The van der Waals surface area contributed by atoms with Crippen LogP contribution in [0.3, 0.4) is 0 Å². The Morgan fingerprint density at radius 1 is 1.13 bits per heavy atom. The summed E-state index contributed by atoms with van der Waals surface area (Å²) in [5.74, 6) is 0. The van der Waals surface area contributed by atoms with E-state index in [1.54, 1.807) is 0 Å². The summed E-state index contributed by atoms with van der Waals surface area (Å²) in [7, 11) is 0. The first-order valence-electron chi connectivity index (χ1n) is 6.25. The van der Waals surface area contributed by atoms with Crippen LogP contribution in [0.1, 0.15) is 60.3 Å². The zero-order chi connectivity index (χ0) is 11.5. The summed E-state index contributed by atoms with van der Waals surface area (Å²) >= 11 is 0. The van der Waals surface area contributed by atoms with E-state index in [2.05, 4.69) is 34.6 Å². The van der Waals surface area contributed by atoms with Gasteiger partial charge in [0.1, 0.15) is 0 Å². The third-order valence-corrected chi connectivity index (χ3v) is 3.05. The predicted molar refractivity (Wildman–Crippen MR) is 63.1 cm³/mol. The van der Waals surface area contributed by atoms with Gasteiger partial charge in [0.15, 0.2) is 0 Å². The maximum absolute atomic E-state index is 5.59. The molecule has 90 valence electrons. The zero-order valence-corrected chi connectivity index (χ0v) is 10.9. The molecule has 0 amide bonds. The molecule has 2 atom stereocenters. The van der Waals surface area contributed by atoms with Crippen LogP contribution in [0.2, 0.25) is 0 Å². The molecule has 0 aliphatic carbocycles. The summed E-state index contributed by atoms with van der Waals surface area (Å²) in [5, 5.41) is 0. The normalized spacial score (nSPS) is 35.4. The molecule has 2 aliphatic rings. The minimum Gasteiger partial charge on any atom is -0.370 e. The molecule has 0 aromatic carbocycles. The second kappa shape index (κ2) is 4.84. The Morgan fingerprint density at radius 2 is 1.67 bits per heavy atom. The van der Waals surface area contributed by atoms with Gasteiger partial charge < -0.3 is 9.47 Å². The summed E-state index contributed by atoms with van der Waals surface area (Å²) < 4.78 is 10.5. The molecule has 2 unspecified atom stereocenters. The van der Waals surface area contributed by atoms with Crippen LogP contribution >= 0.6 is 0 Å². The van der Waals surface area contributed by atoms with E-state index < -0.39 is 0 Å². The maximum atomic E-state index is 5.59. The lowest BCUT2D eigenvalue weighted by Crippen LogP contribution is -2.08. The van der Waals surface area contributed by atoms with Gasteiger partial charge >= 0.3 is 0 Å². The Hall–Kier alpha value is -0.0800. The van der Waals surface area contributed by atoms with Crippen molar-refractivity contribution >= 4 is 0 Å². The van der Waals surface area contributed by atoms with Gasteiger partial charge in [-0.1, -0.05) is 26.7 Å². The first-order valence-corrected chi connectivity index (χ1v) is 6.25. The second-order valence-electron chi connectivity index (χ2n) is 5.51. The molecule has 2 rings (SSSR count). The molecule has 15 heavy (non-hydrogen) atoms. The molecule has 2 heteroatoms. The SMILES string of the molecule is CC1(C)CO1.CCCC1OC1(C)CCC. The Labute approximate surface area is 94.3 Å². The highest BCUT2D eigenvalue weighted by molar-refractivity contribution is 4.97. The topological polar surface area (TPSA) is 25.1 Å². The number of rotatable bonds is 4. The Balaban J connectivity index is 0.000000187. The fourth-order valence-electron chi connectivity index (χ4n) is 1.78. The van der Waals surface area contributed by atoms with Crippen LogP contribution in [0.25, 0.3) is 0 Å². The molecule has 2 aliphatic heterocycles. The molecule has 0 spiro atoms. The van der Waals surface area contributed by atoms with Crippen LogP contribution in [0.5, 0.6) is 0 Å². The Bertz CT molecular complexity index is 195. The molecule has 0 radical (unpaired) electrons. The average molecular weight is 214 g/mol. The predicted octanol–water partition coefficient (Wildman–Crippen LogP) is 3.54. The summed E-state index contributed by atoms with van der Waals surface area (Å²) in [6.07, 6.45) is 5.56. The van der Waals surface area contributed by atoms with E-state index in [-0.39, 0.29) is 11.2 Å². The van der Waals surface area contributed by atoms with Crippen molar-refractivity contribution in [3.05, 3.63) is 0 Å². The quantitative estimate of drug-likeness (QED) is 0.669. The van der Waals surface area contributed by atoms with E-state index in [1.165, 1.54) is 25.7 Å². The number of epoxide rings is 2. The third kappa shape index (κ3) is 4.52. The van der Waals surface area contributed by atoms with E-state index in [0.29, 0.717) is 6.10 Å². The van der Waals surface area contributed by atoms with Crippen molar-refractivity contribution in [1.29, 1.82) is 0 Å². The maximum Gasteiger partial charge on any atom is 0.0920 e. The number of hydrogen-bond donors (Lipinski definition) is 0. The van der Waals surface area contributed by atoms with E-state index in [1.807, 2.05) is 0 Å². The Morgan fingerprint density at radius 3 is 2.00 bits per heavy atom. The van der Waals surface area contributed by atoms with Crippen LogP contribution < -0.4 is 0 Å². The van der Waals surface area contributed by atoms with Crippen molar-refractivity contribution in [2.75, 3.05) is 6.61 Å². The van der Waals surface area contributed by atoms with Crippen LogP contribution in [0.15, 0.2) is 0 Å². The molecular weight excluding hydrogens is 188 g/mol. The molecular formula is C13H26O2. The smallest absolute Gasteiger partial charge is 0.0920 e. The van der Waals surface area contributed by atoms with Crippen molar-refractivity contribution in [1.82, 2.24) is 0 Å². The summed E-state index contributed by atoms with van der Waals surface area (Å²) in [6, 6.07) is 0. The van der Waals surface area contributed by atoms with E-state index in [9.17, 15) is 0 Å². The van der Waals surface area contributed by atoms with E-state index >= 15 is 0 Å². The summed E-state index contributed by atoms with van der Waals surface area (Å²) in [6.45, 7) is 11.8. The van der Waals surface area contributed by atoms with Gasteiger partial charge in [0.2, 0.25) is 0 Å². The van der Waals surface area contributed by atoms with Crippen molar-refractivity contribution < 1.29 is 9.47 Å². The molecule has 2 nitrogen and oxygen atoms in total. The van der Waals surface area contributed by atoms with Crippen LogP contribution in [0.4, 0.5) is 0 Å². The largest absolute Gasteiger partial charge is 0.370 e. The number of hydrogen-bond acceptors (Lipinski definition) is 2. The lowest BCUT2D eigenvalue weighted by molar-refractivity contribution is 0.292. The van der Waals surface area contributed by atoms with Crippen LogP contribution in [0, 0.1) is 0 Å². The van der Waals surface area contributed by atoms with Crippen LogP contribution in [-0.2, 0) is 9.47 Å². The highest BCUT2D eigenvalue weighted by Gasteiger charge is 2.49.